The number of aryl methyl sites for hydroxylation is 1. The zero-order valence-electron chi connectivity index (χ0n) is 11.4. The number of rotatable bonds is 3. The molecule has 0 bridgehead atoms. The molecule has 2 aromatic rings. The summed E-state index contributed by atoms with van der Waals surface area (Å²) in [6.07, 6.45) is 3.66. The molecule has 1 amide bonds. The number of amides is 1. The first-order valence-electron chi connectivity index (χ1n) is 6.54. The van der Waals surface area contributed by atoms with E-state index in [1.807, 2.05) is 10.9 Å². The van der Waals surface area contributed by atoms with Crippen LogP contribution in [0.3, 0.4) is 0 Å². The summed E-state index contributed by atoms with van der Waals surface area (Å²) in [5.74, 6) is 0.261. The molecule has 21 heavy (non-hydrogen) atoms. The fraction of sp³-hybridized carbons (Fsp3) is 0.385. The van der Waals surface area contributed by atoms with Gasteiger partial charge in [-0.05, 0) is 22.0 Å². The van der Waals surface area contributed by atoms with Crippen molar-refractivity contribution >= 4 is 21.8 Å². The molecule has 7 nitrogen and oxygen atoms in total. The van der Waals surface area contributed by atoms with Crippen molar-refractivity contribution in [2.75, 3.05) is 13.1 Å². The van der Waals surface area contributed by atoms with Gasteiger partial charge in [-0.3, -0.25) is 14.3 Å². The van der Waals surface area contributed by atoms with E-state index in [4.69, 9.17) is 0 Å². The van der Waals surface area contributed by atoms with Crippen LogP contribution in [0.2, 0.25) is 0 Å². The molecule has 3 heterocycles. The predicted molar refractivity (Wildman–Crippen MR) is 78.8 cm³/mol. The molecule has 1 aliphatic rings. The summed E-state index contributed by atoms with van der Waals surface area (Å²) in [7, 11) is 1.54. The molecule has 0 atom stereocenters. The van der Waals surface area contributed by atoms with E-state index in [1.54, 1.807) is 11.1 Å². The fourth-order valence-corrected chi connectivity index (χ4v) is 2.66. The van der Waals surface area contributed by atoms with E-state index in [0.717, 1.165) is 11.0 Å². The Morgan fingerprint density at radius 2 is 2.19 bits per heavy atom. The molecule has 0 aromatic carbocycles. The van der Waals surface area contributed by atoms with Gasteiger partial charge in [-0.2, -0.15) is 10.2 Å². The summed E-state index contributed by atoms with van der Waals surface area (Å²) in [5.41, 5.74) is 0.0784. The lowest BCUT2D eigenvalue weighted by Crippen LogP contribution is -2.51. The number of hydrogen-bond donors (Lipinski definition) is 0. The standard InChI is InChI=1S/C13H14BrN5O2/c1-17-12(20)3-2-11(16-17)13(21)18-5-9(6-18)7-19-8-10(14)4-15-19/h2-4,8-9H,5-7H2,1H3. The van der Waals surface area contributed by atoms with Crippen LogP contribution >= 0.6 is 15.9 Å². The van der Waals surface area contributed by atoms with Crippen LogP contribution in [-0.2, 0) is 13.6 Å². The van der Waals surface area contributed by atoms with Gasteiger partial charge in [0.25, 0.3) is 11.5 Å². The van der Waals surface area contributed by atoms with Gasteiger partial charge in [0.15, 0.2) is 0 Å². The number of hydrogen-bond acceptors (Lipinski definition) is 4. The van der Waals surface area contributed by atoms with Gasteiger partial charge < -0.3 is 4.90 Å². The van der Waals surface area contributed by atoms with Gasteiger partial charge in [-0.25, -0.2) is 4.68 Å². The lowest BCUT2D eigenvalue weighted by Gasteiger charge is -2.38. The van der Waals surface area contributed by atoms with Crippen molar-refractivity contribution in [3.8, 4) is 0 Å². The van der Waals surface area contributed by atoms with E-state index >= 15 is 0 Å². The molecule has 3 rings (SSSR count). The maximum atomic E-state index is 12.2. The third-order valence-corrected chi connectivity index (χ3v) is 3.88. The van der Waals surface area contributed by atoms with Crippen molar-refractivity contribution in [1.29, 1.82) is 0 Å². The third kappa shape index (κ3) is 2.90. The molecule has 1 fully saturated rings. The molecule has 0 unspecified atom stereocenters. The summed E-state index contributed by atoms with van der Waals surface area (Å²) in [6.45, 7) is 2.15. The van der Waals surface area contributed by atoms with Crippen LogP contribution in [0, 0.1) is 5.92 Å². The number of carbonyl (C=O) groups excluding carboxylic acids is 1. The number of halogens is 1. The highest BCUT2D eigenvalue weighted by molar-refractivity contribution is 9.10. The fourth-order valence-electron chi connectivity index (χ4n) is 2.33. The Balaban J connectivity index is 1.59. The second-order valence-corrected chi connectivity index (χ2v) is 6.05. The summed E-state index contributed by atoms with van der Waals surface area (Å²) in [4.78, 5) is 25.2. The quantitative estimate of drug-likeness (QED) is 0.807. The highest BCUT2D eigenvalue weighted by atomic mass is 79.9. The van der Waals surface area contributed by atoms with E-state index < -0.39 is 0 Å². The van der Waals surface area contributed by atoms with Gasteiger partial charge in [0.2, 0.25) is 0 Å². The minimum absolute atomic E-state index is 0.136. The monoisotopic (exact) mass is 351 g/mol. The Morgan fingerprint density at radius 3 is 2.81 bits per heavy atom. The molecule has 1 saturated heterocycles. The molecule has 110 valence electrons. The van der Waals surface area contributed by atoms with Gasteiger partial charge in [-0.1, -0.05) is 0 Å². The van der Waals surface area contributed by atoms with Crippen molar-refractivity contribution < 1.29 is 4.79 Å². The third-order valence-electron chi connectivity index (χ3n) is 3.47. The minimum Gasteiger partial charge on any atom is -0.336 e. The Hall–Kier alpha value is -1.96. The number of aromatic nitrogens is 4. The highest BCUT2D eigenvalue weighted by Crippen LogP contribution is 2.20. The summed E-state index contributed by atoms with van der Waals surface area (Å²) >= 11 is 3.36. The maximum absolute atomic E-state index is 12.2. The van der Waals surface area contributed by atoms with Crippen molar-refractivity contribution in [1.82, 2.24) is 24.5 Å². The smallest absolute Gasteiger partial charge is 0.274 e. The van der Waals surface area contributed by atoms with Crippen molar-refractivity contribution in [3.05, 3.63) is 45.0 Å². The Morgan fingerprint density at radius 1 is 1.43 bits per heavy atom. The van der Waals surface area contributed by atoms with Crippen LogP contribution in [0.1, 0.15) is 10.5 Å². The van der Waals surface area contributed by atoms with E-state index in [0.29, 0.717) is 24.7 Å². The molecular weight excluding hydrogens is 338 g/mol. The summed E-state index contributed by atoms with van der Waals surface area (Å²) < 4.78 is 3.98. The second kappa shape index (κ2) is 5.44. The van der Waals surface area contributed by atoms with Crippen LogP contribution in [0.4, 0.5) is 0 Å². The van der Waals surface area contributed by atoms with Crippen LogP contribution in [0.5, 0.6) is 0 Å². The van der Waals surface area contributed by atoms with Gasteiger partial charge in [0.1, 0.15) is 5.69 Å². The van der Waals surface area contributed by atoms with E-state index in [2.05, 4.69) is 26.1 Å². The second-order valence-electron chi connectivity index (χ2n) is 5.14. The van der Waals surface area contributed by atoms with E-state index in [9.17, 15) is 9.59 Å². The van der Waals surface area contributed by atoms with Gasteiger partial charge in [0, 0.05) is 44.9 Å². The molecule has 1 aliphatic heterocycles. The lowest BCUT2D eigenvalue weighted by atomic mass is 10.00. The van der Waals surface area contributed by atoms with Crippen molar-refractivity contribution in [3.63, 3.8) is 0 Å². The molecule has 0 aliphatic carbocycles. The van der Waals surface area contributed by atoms with Crippen LogP contribution in [0.25, 0.3) is 0 Å². The molecule has 0 N–H and O–H groups in total. The minimum atomic E-state index is -0.225. The largest absolute Gasteiger partial charge is 0.336 e. The first-order valence-corrected chi connectivity index (χ1v) is 7.34. The van der Waals surface area contributed by atoms with E-state index in [1.165, 1.54) is 23.9 Å². The molecule has 0 spiro atoms. The first-order chi connectivity index (χ1) is 10.0. The topological polar surface area (TPSA) is 73.0 Å². The average Bonchev–Trinajstić information content (AvgIpc) is 2.81. The summed E-state index contributed by atoms with van der Waals surface area (Å²) in [5, 5.41) is 8.18. The normalized spacial score (nSPS) is 15.0. The lowest BCUT2D eigenvalue weighted by molar-refractivity contribution is 0.0453. The highest BCUT2D eigenvalue weighted by Gasteiger charge is 2.32. The molecule has 2 aromatic heterocycles. The maximum Gasteiger partial charge on any atom is 0.274 e. The molecule has 0 saturated carbocycles. The first kappa shape index (κ1) is 14.0. The zero-order chi connectivity index (χ0) is 15.0. The summed E-state index contributed by atoms with van der Waals surface area (Å²) in [6, 6.07) is 2.83. The van der Waals surface area contributed by atoms with Crippen LogP contribution in [0.15, 0.2) is 33.8 Å². The van der Waals surface area contributed by atoms with Crippen LogP contribution < -0.4 is 5.56 Å². The van der Waals surface area contributed by atoms with Gasteiger partial charge in [0.05, 0.1) is 10.7 Å². The number of carbonyl (C=O) groups is 1. The Kier molecular flexibility index (Phi) is 3.62. The Bertz CT molecular complexity index is 732. The SMILES string of the molecule is Cn1nc(C(=O)N2CC(Cn3cc(Br)cn3)C2)ccc1=O. The average molecular weight is 352 g/mol. The van der Waals surface area contributed by atoms with Crippen LogP contribution in [-0.4, -0.2) is 43.5 Å². The molecule has 0 radical (unpaired) electrons. The molecule has 8 heteroatoms. The molecular formula is C13H14BrN5O2. The number of nitrogens with zero attached hydrogens (tertiary/aromatic N) is 5. The zero-order valence-corrected chi connectivity index (χ0v) is 13.0. The van der Waals surface area contributed by atoms with Gasteiger partial charge in [-0.15, -0.1) is 0 Å². The van der Waals surface area contributed by atoms with Gasteiger partial charge >= 0.3 is 0 Å². The predicted octanol–water partition coefficient (Wildman–Crippen LogP) is 0.511. The van der Waals surface area contributed by atoms with Crippen molar-refractivity contribution in [2.24, 2.45) is 13.0 Å². The Labute approximate surface area is 129 Å². The number of likely N-dealkylation sites (tertiary alicyclic amines) is 1. The van der Waals surface area contributed by atoms with E-state index in [-0.39, 0.29) is 11.5 Å². The van der Waals surface area contributed by atoms with Crippen molar-refractivity contribution in [2.45, 2.75) is 6.54 Å².